The maximum atomic E-state index is 13.1. The first-order chi connectivity index (χ1) is 14.1. The number of unbranched alkanes of at least 4 members (excludes halogenated alkanes) is 1. The van der Waals surface area contributed by atoms with Gasteiger partial charge >= 0.3 is 11.8 Å². The Hall–Kier alpha value is -2.20. The molecule has 2 aromatic rings. The molecule has 3 rings (SSSR count). The van der Waals surface area contributed by atoms with Crippen LogP contribution in [-0.4, -0.2) is 27.5 Å². The van der Waals surface area contributed by atoms with E-state index in [4.69, 9.17) is 4.74 Å². The molecule has 8 nitrogen and oxygen atoms in total. The van der Waals surface area contributed by atoms with Gasteiger partial charge in [-0.1, -0.05) is 0 Å². The largest absolute Gasteiger partial charge is 0.443 e. The molecule has 10 heteroatoms. The van der Waals surface area contributed by atoms with Crippen molar-refractivity contribution in [3.8, 4) is 0 Å². The van der Waals surface area contributed by atoms with E-state index in [1.54, 1.807) is 25.3 Å². The molecular weight excluding hydrogens is 411 g/mol. The molecular formula is C20H29FN4O4S. The lowest BCUT2D eigenvalue weighted by atomic mass is 10.2. The summed E-state index contributed by atoms with van der Waals surface area (Å²) in [6.45, 7) is 7.38. The Labute approximate surface area is 178 Å². The fraction of sp³-hybridized carbons (Fsp3) is 0.650. The molecule has 2 heterocycles. The number of alkyl halides is 1. The van der Waals surface area contributed by atoms with Crippen molar-refractivity contribution in [2.24, 2.45) is 0 Å². The summed E-state index contributed by atoms with van der Waals surface area (Å²) in [5.74, 6) is 0. The first kappa shape index (κ1) is 22.5. The quantitative estimate of drug-likeness (QED) is 0.486. The van der Waals surface area contributed by atoms with Gasteiger partial charge in [-0.25, -0.2) is 15.0 Å². The van der Waals surface area contributed by atoms with Crippen molar-refractivity contribution in [2.45, 2.75) is 78.1 Å². The molecule has 0 bridgehead atoms. The summed E-state index contributed by atoms with van der Waals surface area (Å²) in [5.41, 5.74) is 4.90. The summed E-state index contributed by atoms with van der Waals surface area (Å²) in [7, 11) is 0. The van der Waals surface area contributed by atoms with Gasteiger partial charge in [-0.05, 0) is 58.9 Å². The third kappa shape index (κ3) is 4.92. The number of aryl methyl sites for hydroxylation is 2. The first-order valence-electron chi connectivity index (χ1n) is 10.2. The molecule has 0 unspecified atom stereocenters. The van der Waals surface area contributed by atoms with E-state index in [1.165, 1.54) is 15.9 Å². The van der Waals surface area contributed by atoms with Gasteiger partial charge in [0.2, 0.25) is 0 Å². The Morgan fingerprint density at radius 3 is 2.57 bits per heavy atom. The number of rotatable bonds is 8. The zero-order valence-corrected chi connectivity index (χ0v) is 18.7. The van der Waals surface area contributed by atoms with Gasteiger partial charge in [0.1, 0.15) is 10.4 Å². The number of aromatic nitrogens is 2. The first-order valence-corrected chi connectivity index (χ1v) is 11.0. The number of hydrogen-bond acceptors (Lipinski definition) is 6. The van der Waals surface area contributed by atoms with Gasteiger partial charge < -0.3 is 4.74 Å². The Kier molecular flexibility index (Phi) is 6.66. The van der Waals surface area contributed by atoms with Crippen LogP contribution in [0.5, 0.6) is 0 Å². The van der Waals surface area contributed by atoms with Crippen molar-refractivity contribution < 1.29 is 13.9 Å². The second-order valence-electron chi connectivity index (χ2n) is 8.55. The van der Waals surface area contributed by atoms with E-state index < -0.39 is 18.4 Å². The minimum absolute atomic E-state index is 0.0449. The Morgan fingerprint density at radius 2 is 1.97 bits per heavy atom. The molecule has 2 aromatic heterocycles. The summed E-state index contributed by atoms with van der Waals surface area (Å²) in [6, 6.07) is -0.0449. The van der Waals surface area contributed by atoms with Gasteiger partial charge in [-0.3, -0.25) is 23.7 Å². The van der Waals surface area contributed by atoms with Crippen LogP contribution in [0.4, 0.5) is 9.18 Å². The highest BCUT2D eigenvalue weighted by Crippen LogP contribution is 2.34. The van der Waals surface area contributed by atoms with Crippen molar-refractivity contribution in [3.63, 3.8) is 0 Å². The van der Waals surface area contributed by atoms with E-state index in [-0.39, 0.29) is 23.8 Å². The number of amides is 1. The van der Waals surface area contributed by atoms with Gasteiger partial charge in [-0.15, -0.1) is 11.3 Å². The molecule has 1 saturated carbocycles. The number of nitrogens with one attached hydrogen (secondary N) is 2. The van der Waals surface area contributed by atoms with Gasteiger partial charge in [0.15, 0.2) is 0 Å². The predicted molar refractivity (Wildman–Crippen MR) is 115 cm³/mol. The molecule has 1 amide bonds. The molecule has 0 aromatic carbocycles. The highest BCUT2D eigenvalue weighted by molar-refractivity contribution is 7.18. The van der Waals surface area contributed by atoms with Crippen LogP contribution in [0, 0.1) is 6.92 Å². The van der Waals surface area contributed by atoms with E-state index in [1.807, 2.05) is 6.92 Å². The third-order valence-electron chi connectivity index (χ3n) is 4.86. The van der Waals surface area contributed by atoms with Crippen LogP contribution >= 0.6 is 11.3 Å². The minimum Gasteiger partial charge on any atom is -0.443 e. The summed E-state index contributed by atoms with van der Waals surface area (Å²) >= 11 is 1.34. The van der Waals surface area contributed by atoms with Crippen LogP contribution in [0.15, 0.2) is 9.59 Å². The van der Waals surface area contributed by atoms with E-state index in [9.17, 15) is 18.8 Å². The Morgan fingerprint density at radius 1 is 1.27 bits per heavy atom. The zero-order chi connectivity index (χ0) is 22.1. The molecule has 0 radical (unpaired) electrons. The standard InChI is InChI=1S/C20H29FN4O4S/c1-12-14(11-22-23-18(27)29-20(2,3)4)30-17-15(12)16(26)25(13-7-8-13)19(28)24(17)10-6-5-9-21/h13,22H,5-11H2,1-4H3,(H,23,27). The van der Waals surface area contributed by atoms with Crippen molar-refractivity contribution in [1.29, 1.82) is 0 Å². The van der Waals surface area contributed by atoms with E-state index in [2.05, 4.69) is 10.9 Å². The molecule has 1 fully saturated rings. The molecule has 1 aliphatic carbocycles. The SMILES string of the molecule is Cc1c(CNNC(=O)OC(C)(C)C)sc2c1c(=O)n(C1CC1)c(=O)n2CCCCF. The van der Waals surface area contributed by atoms with E-state index >= 15 is 0 Å². The van der Waals surface area contributed by atoms with Crippen LogP contribution in [-0.2, 0) is 17.8 Å². The number of thiophene rings is 1. The number of nitrogens with zero attached hydrogens (tertiary/aromatic N) is 2. The van der Waals surface area contributed by atoms with Crippen molar-refractivity contribution in [2.75, 3.05) is 6.67 Å². The number of fused-ring (bicyclic) bond motifs is 1. The average Bonchev–Trinajstić information content (AvgIpc) is 3.41. The van der Waals surface area contributed by atoms with Gasteiger partial charge in [-0.2, -0.15) is 0 Å². The molecule has 0 atom stereocenters. The van der Waals surface area contributed by atoms with Crippen LogP contribution in [0.25, 0.3) is 10.2 Å². The third-order valence-corrected chi connectivity index (χ3v) is 6.17. The highest BCUT2D eigenvalue weighted by Gasteiger charge is 2.30. The summed E-state index contributed by atoms with van der Waals surface area (Å²) in [4.78, 5) is 39.3. The molecule has 0 saturated heterocycles. The summed E-state index contributed by atoms with van der Waals surface area (Å²) in [6.07, 6.45) is 1.94. The lowest BCUT2D eigenvalue weighted by molar-refractivity contribution is 0.0497. The minimum atomic E-state index is -0.608. The number of hydrazine groups is 1. The van der Waals surface area contributed by atoms with Gasteiger partial charge in [0, 0.05) is 24.0 Å². The Bertz CT molecular complexity index is 1050. The smallest absolute Gasteiger partial charge is 0.422 e. The molecule has 1 aliphatic rings. The molecule has 30 heavy (non-hydrogen) atoms. The highest BCUT2D eigenvalue weighted by atomic mass is 32.1. The summed E-state index contributed by atoms with van der Waals surface area (Å²) < 4.78 is 20.7. The number of hydrogen-bond donors (Lipinski definition) is 2. The second-order valence-corrected chi connectivity index (χ2v) is 9.63. The summed E-state index contributed by atoms with van der Waals surface area (Å²) in [5, 5.41) is 0.529. The molecule has 2 N–H and O–H groups in total. The lowest BCUT2D eigenvalue weighted by Crippen LogP contribution is -2.40. The number of carbonyl (C=O) groups is 1. The maximum Gasteiger partial charge on any atom is 0.422 e. The van der Waals surface area contributed by atoms with Crippen LogP contribution in [0.2, 0.25) is 0 Å². The van der Waals surface area contributed by atoms with Crippen molar-refractivity contribution in [1.82, 2.24) is 20.0 Å². The Balaban J connectivity index is 1.90. The topological polar surface area (TPSA) is 94.4 Å². The normalized spacial score (nSPS) is 14.3. The average molecular weight is 441 g/mol. The number of ether oxygens (including phenoxy) is 1. The maximum absolute atomic E-state index is 13.1. The molecule has 0 spiro atoms. The number of carbonyl (C=O) groups excluding carboxylic acids is 1. The number of halogens is 1. The monoisotopic (exact) mass is 440 g/mol. The van der Waals surface area contributed by atoms with Gasteiger partial charge in [0.25, 0.3) is 5.56 Å². The van der Waals surface area contributed by atoms with E-state index in [0.717, 1.165) is 23.3 Å². The van der Waals surface area contributed by atoms with Crippen molar-refractivity contribution >= 4 is 27.6 Å². The molecule has 166 valence electrons. The second kappa shape index (κ2) is 8.89. The van der Waals surface area contributed by atoms with Gasteiger partial charge in [0.05, 0.1) is 12.1 Å². The molecule has 0 aliphatic heterocycles. The van der Waals surface area contributed by atoms with Crippen LogP contribution in [0.1, 0.15) is 62.9 Å². The van der Waals surface area contributed by atoms with Crippen LogP contribution < -0.4 is 22.1 Å². The fourth-order valence-electron chi connectivity index (χ4n) is 3.30. The lowest BCUT2D eigenvalue weighted by Gasteiger charge is -2.19. The van der Waals surface area contributed by atoms with E-state index in [0.29, 0.717) is 29.6 Å². The van der Waals surface area contributed by atoms with Crippen LogP contribution in [0.3, 0.4) is 0 Å². The fourth-order valence-corrected chi connectivity index (χ4v) is 4.55. The zero-order valence-electron chi connectivity index (χ0n) is 17.8. The predicted octanol–water partition coefficient (Wildman–Crippen LogP) is 3.15. The van der Waals surface area contributed by atoms with Crippen molar-refractivity contribution in [3.05, 3.63) is 31.3 Å².